The Balaban J connectivity index is 2.09. The molecular formula is C12H16F2N2. The quantitative estimate of drug-likeness (QED) is 0.612. The van der Waals surface area contributed by atoms with E-state index in [2.05, 4.69) is 5.43 Å². The number of nitrogens with one attached hydrogen (secondary N) is 1. The maximum atomic E-state index is 13.1. The van der Waals surface area contributed by atoms with Crippen molar-refractivity contribution in [2.24, 2.45) is 11.8 Å². The number of hydrogen-bond donors (Lipinski definition) is 2. The van der Waals surface area contributed by atoms with Gasteiger partial charge in [0.2, 0.25) is 0 Å². The van der Waals surface area contributed by atoms with Crippen molar-refractivity contribution < 1.29 is 8.78 Å². The molecule has 1 aliphatic rings. The molecular weight excluding hydrogens is 210 g/mol. The van der Waals surface area contributed by atoms with Gasteiger partial charge in [0.05, 0.1) is 0 Å². The Labute approximate surface area is 93.8 Å². The number of hydrazine groups is 1. The Bertz CT molecular complexity index is 364. The van der Waals surface area contributed by atoms with Crippen molar-refractivity contribution in [3.63, 3.8) is 0 Å². The standard InChI is InChI=1S/C12H16F2N2/c13-10-5-4-9(7-11(10)14)12(16-15)6-8-2-1-3-8/h4-5,7-8,12,16H,1-3,6,15H2. The third-order valence-electron chi connectivity index (χ3n) is 3.34. The molecule has 4 heteroatoms. The molecule has 1 aliphatic carbocycles. The number of nitrogens with two attached hydrogens (primary N) is 1. The smallest absolute Gasteiger partial charge is 0.159 e. The zero-order valence-electron chi connectivity index (χ0n) is 9.05. The minimum atomic E-state index is -0.817. The van der Waals surface area contributed by atoms with E-state index < -0.39 is 11.6 Å². The lowest BCUT2D eigenvalue weighted by Gasteiger charge is -2.29. The van der Waals surface area contributed by atoms with E-state index in [4.69, 9.17) is 5.84 Å². The molecule has 1 aromatic rings. The summed E-state index contributed by atoms with van der Waals surface area (Å²) in [6.45, 7) is 0. The Morgan fingerprint density at radius 2 is 2.06 bits per heavy atom. The number of halogens is 2. The number of benzene rings is 1. The van der Waals surface area contributed by atoms with Crippen molar-refractivity contribution in [3.05, 3.63) is 35.4 Å². The summed E-state index contributed by atoms with van der Waals surface area (Å²) in [6.07, 6.45) is 4.57. The molecule has 0 radical (unpaired) electrons. The van der Waals surface area contributed by atoms with Crippen molar-refractivity contribution in [2.75, 3.05) is 0 Å². The van der Waals surface area contributed by atoms with Crippen LogP contribution in [0.15, 0.2) is 18.2 Å². The lowest BCUT2D eigenvalue weighted by Crippen LogP contribution is -2.31. The van der Waals surface area contributed by atoms with E-state index in [1.165, 1.54) is 25.3 Å². The highest BCUT2D eigenvalue weighted by molar-refractivity contribution is 5.21. The molecule has 2 nitrogen and oxygen atoms in total. The van der Waals surface area contributed by atoms with Gasteiger partial charge < -0.3 is 0 Å². The molecule has 88 valence electrons. The van der Waals surface area contributed by atoms with Gasteiger partial charge in [-0.3, -0.25) is 11.3 Å². The van der Waals surface area contributed by atoms with Gasteiger partial charge in [-0.2, -0.15) is 0 Å². The van der Waals surface area contributed by atoms with Gasteiger partial charge in [0.15, 0.2) is 11.6 Å². The average Bonchev–Trinajstić information content (AvgIpc) is 2.21. The summed E-state index contributed by atoms with van der Waals surface area (Å²) in [5.41, 5.74) is 3.39. The summed E-state index contributed by atoms with van der Waals surface area (Å²) in [5, 5.41) is 0. The predicted octanol–water partition coefficient (Wildman–Crippen LogP) is 2.66. The summed E-state index contributed by atoms with van der Waals surface area (Å²) < 4.78 is 25.8. The molecule has 1 saturated carbocycles. The van der Waals surface area contributed by atoms with E-state index in [9.17, 15) is 8.78 Å². The third-order valence-corrected chi connectivity index (χ3v) is 3.34. The second-order valence-corrected chi connectivity index (χ2v) is 4.43. The number of rotatable bonds is 4. The van der Waals surface area contributed by atoms with Gasteiger partial charge in [0.1, 0.15) is 0 Å². The van der Waals surface area contributed by atoms with Gasteiger partial charge in [-0.05, 0) is 30.0 Å². The van der Waals surface area contributed by atoms with Crippen molar-refractivity contribution >= 4 is 0 Å². The summed E-state index contributed by atoms with van der Waals surface area (Å²) >= 11 is 0. The highest BCUT2D eigenvalue weighted by atomic mass is 19.2. The minimum Gasteiger partial charge on any atom is -0.271 e. The van der Waals surface area contributed by atoms with Gasteiger partial charge in [0, 0.05) is 6.04 Å². The summed E-state index contributed by atoms with van der Waals surface area (Å²) in [6, 6.07) is 3.87. The second-order valence-electron chi connectivity index (χ2n) is 4.43. The van der Waals surface area contributed by atoms with Crippen LogP contribution in [-0.2, 0) is 0 Å². The third kappa shape index (κ3) is 2.39. The summed E-state index contributed by atoms with van der Waals surface area (Å²) in [5.74, 6) is 4.49. The molecule has 2 rings (SSSR count). The summed E-state index contributed by atoms with van der Waals surface area (Å²) in [4.78, 5) is 0. The highest BCUT2D eigenvalue weighted by Gasteiger charge is 2.22. The zero-order valence-corrected chi connectivity index (χ0v) is 9.05. The molecule has 1 aromatic carbocycles. The van der Waals surface area contributed by atoms with Crippen molar-refractivity contribution in [1.82, 2.24) is 5.43 Å². The Morgan fingerprint density at radius 1 is 1.31 bits per heavy atom. The van der Waals surface area contributed by atoms with Gasteiger partial charge in [0.25, 0.3) is 0 Å². The molecule has 0 aliphatic heterocycles. The lowest BCUT2D eigenvalue weighted by molar-refractivity contribution is 0.261. The Kier molecular flexibility index (Phi) is 3.51. The molecule has 0 amide bonds. The van der Waals surface area contributed by atoms with Crippen LogP contribution in [0.4, 0.5) is 8.78 Å². The Morgan fingerprint density at radius 3 is 2.56 bits per heavy atom. The van der Waals surface area contributed by atoms with E-state index in [1.54, 1.807) is 6.07 Å². The first kappa shape index (κ1) is 11.5. The van der Waals surface area contributed by atoms with Crippen molar-refractivity contribution in [2.45, 2.75) is 31.7 Å². The van der Waals surface area contributed by atoms with Crippen LogP contribution < -0.4 is 11.3 Å². The zero-order chi connectivity index (χ0) is 11.5. The molecule has 0 saturated heterocycles. The molecule has 16 heavy (non-hydrogen) atoms. The molecule has 0 heterocycles. The SMILES string of the molecule is NNC(CC1CCC1)c1ccc(F)c(F)c1. The molecule has 0 spiro atoms. The van der Waals surface area contributed by atoms with Gasteiger partial charge in [-0.1, -0.05) is 25.3 Å². The van der Waals surface area contributed by atoms with Crippen LogP contribution in [-0.4, -0.2) is 0 Å². The molecule has 1 fully saturated rings. The number of hydrogen-bond acceptors (Lipinski definition) is 2. The maximum absolute atomic E-state index is 13.1. The fourth-order valence-electron chi connectivity index (χ4n) is 2.09. The average molecular weight is 226 g/mol. The first-order chi connectivity index (χ1) is 7.70. The lowest BCUT2D eigenvalue weighted by atomic mass is 9.80. The van der Waals surface area contributed by atoms with Crippen LogP contribution in [0, 0.1) is 17.6 Å². The molecule has 1 unspecified atom stereocenters. The van der Waals surface area contributed by atoms with Crippen LogP contribution in [0.2, 0.25) is 0 Å². The van der Waals surface area contributed by atoms with E-state index in [1.807, 2.05) is 0 Å². The van der Waals surface area contributed by atoms with Crippen LogP contribution in [0.3, 0.4) is 0 Å². The minimum absolute atomic E-state index is 0.0830. The first-order valence-electron chi connectivity index (χ1n) is 5.62. The van der Waals surface area contributed by atoms with Crippen molar-refractivity contribution in [1.29, 1.82) is 0 Å². The van der Waals surface area contributed by atoms with E-state index in [-0.39, 0.29) is 6.04 Å². The van der Waals surface area contributed by atoms with Crippen LogP contribution in [0.1, 0.15) is 37.3 Å². The molecule has 1 atom stereocenters. The summed E-state index contributed by atoms with van der Waals surface area (Å²) in [7, 11) is 0. The maximum Gasteiger partial charge on any atom is 0.159 e. The molecule has 3 N–H and O–H groups in total. The molecule has 0 aromatic heterocycles. The normalized spacial score (nSPS) is 18.2. The van der Waals surface area contributed by atoms with Gasteiger partial charge >= 0.3 is 0 Å². The Hall–Kier alpha value is -1.00. The van der Waals surface area contributed by atoms with Gasteiger partial charge in [-0.15, -0.1) is 0 Å². The monoisotopic (exact) mass is 226 g/mol. The van der Waals surface area contributed by atoms with Crippen LogP contribution in [0.5, 0.6) is 0 Å². The fraction of sp³-hybridized carbons (Fsp3) is 0.500. The van der Waals surface area contributed by atoms with E-state index in [0.29, 0.717) is 11.5 Å². The predicted molar refractivity (Wildman–Crippen MR) is 58.4 cm³/mol. The molecule has 0 bridgehead atoms. The second kappa shape index (κ2) is 4.89. The van der Waals surface area contributed by atoms with Crippen LogP contribution >= 0.6 is 0 Å². The van der Waals surface area contributed by atoms with Gasteiger partial charge in [-0.25, -0.2) is 8.78 Å². The largest absolute Gasteiger partial charge is 0.271 e. The van der Waals surface area contributed by atoms with Crippen LogP contribution in [0.25, 0.3) is 0 Å². The first-order valence-corrected chi connectivity index (χ1v) is 5.62. The fourth-order valence-corrected chi connectivity index (χ4v) is 2.09. The highest BCUT2D eigenvalue weighted by Crippen LogP contribution is 2.34. The van der Waals surface area contributed by atoms with E-state index >= 15 is 0 Å². The van der Waals surface area contributed by atoms with Crippen molar-refractivity contribution in [3.8, 4) is 0 Å². The van der Waals surface area contributed by atoms with E-state index in [0.717, 1.165) is 12.5 Å². The topological polar surface area (TPSA) is 38.0 Å².